The fraction of sp³-hybridized carbons (Fsp3) is 0.333. The van der Waals surface area contributed by atoms with Crippen molar-refractivity contribution in [1.82, 2.24) is 155 Å². The monoisotopic (exact) mass is 1450 g/mol. The Kier molecular flexibility index (Phi) is 30.0. The minimum absolute atomic E-state index is 0.00316. The van der Waals surface area contributed by atoms with Gasteiger partial charge in [0.15, 0.2) is 34.8 Å². The predicted octanol–water partition coefficient (Wildman–Crippen LogP) is 9.04. The van der Waals surface area contributed by atoms with Gasteiger partial charge in [0.1, 0.15) is 37.4 Å². The Hall–Kier alpha value is -11.9. The molecular weight excluding hydrogens is 1360 g/mol. The Morgan fingerprint density at radius 2 is 0.755 bits per heavy atom. The molecule has 34 heteroatoms. The molecule has 0 saturated heterocycles. The molecule has 0 spiro atoms. The van der Waals surface area contributed by atoms with Gasteiger partial charge in [-0.15, -0.1) is 0 Å². The average molecular weight is 1450 g/mol. The number of methoxy groups -OCH3 is 1. The van der Waals surface area contributed by atoms with Crippen molar-refractivity contribution in [3.8, 4) is 35.5 Å². The highest BCUT2D eigenvalue weighted by molar-refractivity contribution is 7.98. The SMILES string of the molecule is CC(NCC1CCCCC1)c1ncnn1-c1ncccn1.CC(NCc1cccnc1)c1ncnn1-c1ncccn1.COc1ccc(CNC(C)c2ncnn2-c2ncccn2)cc1.CSCCNC(C)c1ncnn1-c1ncccn1.[C-]#[N+]c1ccc(CNC(C)c2ncnn2-c2ncccn2)cc1. The first kappa shape index (κ1) is 76.8. The lowest BCUT2D eigenvalue weighted by molar-refractivity contribution is 0.328. The molecule has 5 N–H and O–H groups in total. The minimum atomic E-state index is -0.0261. The van der Waals surface area contributed by atoms with E-state index in [1.54, 1.807) is 135 Å². The fourth-order valence-electron chi connectivity index (χ4n) is 10.8. The van der Waals surface area contributed by atoms with Crippen LogP contribution in [0.4, 0.5) is 5.69 Å². The quantitative estimate of drug-likeness (QED) is 0.0237. The van der Waals surface area contributed by atoms with E-state index in [9.17, 15) is 0 Å². The van der Waals surface area contributed by atoms with Crippen LogP contribution in [0.1, 0.15) is 143 Å². The first-order chi connectivity index (χ1) is 52.1. The van der Waals surface area contributed by atoms with Crippen molar-refractivity contribution in [3.63, 3.8) is 0 Å². The van der Waals surface area contributed by atoms with Gasteiger partial charge in [0, 0.05) is 106 Å². The molecular formula is C72H86N32OS. The van der Waals surface area contributed by atoms with E-state index in [4.69, 9.17) is 11.3 Å². The molecule has 1 aliphatic carbocycles. The van der Waals surface area contributed by atoms with Crippen LogP contribution in [-0.4, -0.2) is 161 Å². The normalized spacial score (nSPS) is 13.3. The van der Waals surface area contributed by atoms with Crippen LogP contribution in [0.5, 0.6) is 5.75 Å². The van der Waals surface area contributed by atoms with Crippen LogP contribution in [0.2, 0.25) is 0 Å². The number of hydrogen-bond acceptors (Lipinski definition) is 28. The lowest BCUT2D eigenvalue weighted by Gasteiger charge is -2.23. The molecule has 0 radical (unpaired) electrons. The van der Waals surface area contributed by atoms with E-state index in [0.717, 1.165) is 70.8 Å². The molecule has 1 saturated carbocycles. The highest BCUT2D eigenvalue weighted by Crippen LogP contribution is 2.25. The number of nitrogens with zero attached hydrogens (tertiary/aromatic N) is 27. The minimum Gasteiger partial charge on any atom is -0.497 e. The first-order valence-corrected chi connectivity index (χ1v) is 36.0. The van der Waals surface area contributed by atoms with E-state index in [0.29, 0.717) is 55.1 Å². The van der Waals surface area contributed by atoms with Crippen LogP contribution < -0.4 is 31.3 Å². The van der Waals surface area contributed by atoms with Gasteiger partial charge in [0.05, 0.1) is 43.9 Å². The van der Waals surface area contributed by atoms with E-state index >= 15 is 0 Å². The third-order valence-electron chi connectivity index (χ3n) is 16.5. The van der Waals surface area contributed by atoms with Crippen molar-refractivity contribution < 1.29 is 4.74 Å². The third kappa shape index (κ3) is 22.8. The highest BCUT2D eigenvalue weighted by Gasteiger charge is 2.22. The summed E-state index contributed by atoms with van der Waals surface area (Å²) in [6, 6.07) is 28.5. The molecule has 0 bridgehead atoms. The molecule has 5 unspecified atom stereocenters. The Balaban J connectivity index is 0.000000142. The number of aromatic nitrogens is 26. The molecule has 33 nitrogen and oxygen atoms in total. The maximum absolute atomic E-state index is 6.96. The van der Waals surface area contributed by atoms with Gasteiger partial charge in [0.25, 0.3) is 29.7 Å². The number of rotatable bonds is 27. The van der Waals surface area contributed by atoms with E-state index in [1.165, 1.54) is 63.0 Å². The van der Waals surface area contributed by atoms with Crippen LogP contribution in [0, 0.1) is 12.5 Å². The first-order valence-electron chi connectivity index (χ1n) is 34.6. The standard InChI is InChI=1S/C16H15N7.C16H18N6O.C15H22N6.C14H15N7.C11H16N6S/c1-12(20-10-13-4-6-14(17-2)7-5-13)15-21-11-22-23(15)16-18-8-3-9-19-16;1-12(19-10-13-4-6-14(23-2)7-5-13)15-20-11-21-22(15)16-17-8-3-9-18-16;1-12(18-10-13-6-3-2-4-7-13)14-19-11-20-21(14)15-16-8-5-9-17-15;1-11(18-9-12-4-2-5-15-8-12)13-19-10-20-21(13)14-16-6-3-7-17-14;1-9(12-6-7-18-2)10-15-8-16-17(10)11-13-4-3-5-14-11/h3-9,11-12,20H,10H2,1H3;3-9,11-12,19H,10H2,1-2H3;5,8-9,11-13,18H,2-4,6-7,10H2,1H3;2-8,10-11,18H,9H2,1H3;3-5,8-9,12H,6-7H2,1-2H3. The van der Waals surface area contributed by atoms with Gasteiger partial charge in [-0.3, -0.25) is 4.98 Å². The van der Waals surface area contributed by atoms with E-state index in [-0.39, 0.29) is 30.2 Å². The topological polar surface area (TPSA) is 369 Å². The van der Waals surface area contributed by atoms with Crippen LogP contribution in [0.25, 0.3) is 34.6 Å². The van der Waals surface area contributed by atoms with Crippen LogP contribution in [0.3, 0.4) is 0 Å². The Morgan fingerprint density at radius 1 is 0.415 bits per heavy atom. The molecule has 13 aromatic rings. The number of benzene rings is 2. The van der Waals surface area contributed by atoms with E-state index in [1.807, 2.05) is 99.4 Å². The van der Waals surface area contributed by atoms with Crippen molar-refractivity contribution in [1.29, 1.82) is 0 Å². The second-order valence-electron chi connectivity index (χ2n) is 24.0. The van der Waals surface area contributed by atoms with Gasteiger partial charge in [-0.05, 0) is 131 Å². The van der Waals surface area contributed by atoms with Crippen LogP contribution in [0.15, 0.2) is 197 Å². The molecule has 1 aliphatic rings. The van der Waals surface area contributed by atoms with Gasteiger partial charge in [0.2, 0.25) is 0 Å². The summed E-state index contributed by atoms with van der Waals surface area (Å²) in [6.45, 7) is 21.3. The van der Waals surface area contributed by atoms with Crippen LogP contribution >= 0.6 is 11.8 Å². The molecule has 0 aliphatic heterocycles. The third-order valence-corrected chi connectivity index (χ3v) is 17.1. The lowest BCUT2D eigenvalue weighted by atomic mass is 9.89. The van der Waals surface area contributed by atoms with Gasteiger partial charge in [-0.25, -0.2) is 79.6 Å². The zero-order valence-corrected chi connectivity index (χ0v) is 60.9. The Bertz CT molecular complexity index is 4600. The summed E-state index contributed by atoms with van der Waals surface area (Å²) in [5.41, 5.74) is 4.03. The van der Waals surface area contributed by atoms with Gasteiger partial charge >= 0.3 is 0 Å². The van der Waals surface area contributed by atoms with E-state index in [2.05, 4.69) is 157 Å². The smallest absolute Gasteiger partial charge is 0.252 e. The second-order valence-corrected chi connectivity index (χ2v) is 25.0. The lowest BCUT2D eigenvalue weighted by Crippen LogP contribution is -2.29. The summed E-state index contributed by atoms with van der Waals surface area (Å²) >= 11 is 1.81. The predicted molar refractivity (Wildman–Crippen MR) is 398 cm³/mol. The van der Waals surface area contributed by atoms with Crippen LogP contribution in [-0.2, 0) is 19.6 Å². The van der Waals surface area contributed by atoms with Gasteiger partial charge in [-0.2, -0.15) is 60.7 Å². The second kappa shape index (κ2) is 41.4. The molecule has 5 atom stereocenters. The van der Waals surface area contributed by atoms with E-state index < -0.39 is 0 Å². The van der Waals surface area contributed by atoms with Gasteiger partial charge in [-0.1, -0.05) is 61.7 Å². The van der Waals surface area contributed by atoms with Crippen molar-refractivity contribution >= 4 is 17.4 Å². The van der Waals surface area contributed by atoms with Gasteiger partial charge < -0.3 is 31.3 Å². The summed E-state index contributed by atoms with van der Waals surface area (Å²) in [7, 11) is 1.66. The molecule has 14 rings (SSSR count). The highest BCUT2D eigenvalue weighted by atomic mass is 32.2. The Morgan fingerprint density at radius 3 is 1.08 bits per heavy atom. The fourth-order valence-corrected chi connectivity index (χ4v) is 11.1. The number of nitrogens with one attached hydrogen (secondary N) is 5. The average Bonchev–Trinajstić information content (AvgIpc) is 1.70. The maximum Gasteiger partial charge on any atom is 0.252 e. The summed E-state index contributed by atoms with van der Waals surface area (Å²) in [5.74, 6) is 9.31. The molecule has 0 amide bonds. The number of hydrogen-bond donors (Lipinski definition) is 5. The van der Waals surface area contributed by atoms with Crippen molar-refractivity contribution in [2.75, 3.05) is 32.2 Å². The summed E-state index contributed by atoms with van der Waals surface area (Å²) in [6.07, 6.45) is 37.0. The number of thioether (sulfide) groups is 1. The van der Waals surface area contributed by atoms with Crippen molar-refractivity contribution in [3.05, 3.63) is 254 Å². The summed E-state index contributed by atoms with van der Waals surface area (Å²) < 4.78 is 13.4. The molecule has 2 aromatic carbocycles. The maximum atomic E-state index is 6.96. The summed E-state index contributed by atoms with van der Waals surface area (Å²) in [5, 5.41) is 38.2. The molecule has 546 valence electrons. The number of pyridine rings is 1. The molecule has 1 fully saturated rings. The molecule has 11 heterocycles. The summed E-state index contributed by atoms with van der Waals surface area (Å²) in [4.78, 5) is 71.1. The zero-order chi connectivity index (χ0) is 73.9. The largest absolute Gasteiger partial charge is 0.497 e. The zero-order valence-electron chi connectivity index (χ0n) is 60.1. The Labute approximate surface area is 618 Å². The van der Waals surface area contributed by atoms with Crippen molar-refractivity contribution in [2.45, 2.75) is 117 Å². The number of ether oxygens (including phenoxy) is 1. The van der Waals surface area contributed by atoms with Crippen molar-refractivity contribution in [2.24, 2.45) is 5.92 Å². The molecule has 11 aromatic heterocycles. The molecule has 106 heavy (non-hydrogen) atoms.